The number of hydrogen-bond acceptors (Lipinski definition) is 5. The summed E-state index contributed by atoms with van der Waals surface area (Å²) < 4.78 is 15.4. The van der Waals surface area contributed by atoms with Crippen molar-refractivity contribution in [3.63, 3.8) is 0 Å². The van der Waals surface area contributed by atoms with Gasteiger partial charge in [0.25, 0.3) is 5.78 Å². The average molecular weight is 254 g/mol. The van der Waals surface area contributed by atoms with Crippen LogP contribution in [0.25, 0.3) is 0 Å². The Morgan fingerprint density at radius 3 is 2.28 bits per heavy atom. The number of Topliss-reactive ketones (excluding diaryl/α,β-unsaturated/α-hetero) is 1. The minimum atomic E-state index is -1.55. The van der Waals surface area contributed by atoms with E-state index in [0.29, 0.717) is 5.75 Å². The third-order valence-corrected chi connectivity index (χ3v) is 2.23. The van der Waals surface area contributed by atoms with Crippen LogP contribution in [0, 0.1) is 0 Å². The van der Waals surface area contributed by atoms with Gasteiger partial charge in [0.05, 0.1) is 26.4 Å². The van der Waals surface area contributed by atoms with Gasteiger partial charge in [-0.3, -0.25) is 4.79 Å². The number of ether oxygens (including phenoxy) is 3. The molecule has 1 aromatic rings. The van der Waals surface area contributed by atoms with Crippen molar-refractivity contribution in [1.82, 2.24) is 0 Å². The summed E-state index contributed by atoms with van der Waals surface area (Å²) in [5.41, 5.74) is -0.0676. The molecule has 98 valence electrons. The first kappa shape index (κ1) is 13.8. The molecule has 0 unspecified atom stereocenters. The zero-order valence-corrected chi connectivity index (χ0v) is 10.4. The minimum Gasteiger partial charge on any atom is -0.493 e. The predicted molar refractivity (Wildman–Crippen MR) is 62.7 cm³/mol. The van der Waals surface area contributed by atoms with Gasteiger partial charge in [-0.25, -0.2) is 4.79 Å². The van der Waals surface area contributed by atoms with Crippen molar-refractivity contribution < 1.29 is 28.9 Å². The Bertz CT molecular complexity index is 466. The first-order valence-corrected chi connectivity index (χ1v) is 5.22. The zero-order chi connectivity index (χ0) is 13.7. The Morgan fingerprint density at radius 1 is 1.17 bits per heavy atom. The molecule has 0 aliphatic carbocycles. The van der Waals surface area contributed by atoms with Gasteiger partial charge in [0, 0.05) is 0 Å². The molecule has 6 nitrogen and oxygen atoms in total. The summed E-state index contributed by atoms with van der Waals surface area (Å²) in [5.74, 6) is -1.97. The Morgan fingerprint density at radius 2 is 1.83 bits per heavy atom. The second kappa shape index (κ2) is 5.90. The molecule has 0 radical (unpaired) electrons. The molecule has 0 aliphatic heterocycles. The lowest BCUT2D eigenvalue weighted by Crippen LogP contribution is -2.15. The Balaban J connectivity index is 3.43. The molecule has 0 bridgehead atoms. The van der Waals surface area contributed by atoms with Gasteiger partial charge in [-0.15, -0.1) is 0 Å². The van der Waals surface area contributed by atoms with E-state index < -0.39 is 11.8 Å². The molecule has 6 heteroatoms. The van der Waals surface area contributed by atoms with Gasteiger partial charge in [0.1, 0.15) is 0 Å². The second-order valence-electron chi connectivity index (χ2n) is 3.25. The Hall–Kier alpha value is -2.24. The maximum Gasteiger partial charge on any atom is 0.377 e. The van der Waals surface area contributed by atoms with Gasteiger partial charge in [-0.05, 0) is 19.1 Å². The molecule has 0 heterocycles. The number of ketones is 1. The molecule has 0 aliphatic rings. The molecule has 1 N–H and O–H groups in total. The molecule has 18 heavy (non-hydrogen) atoms. The molecule has 0 spiro atoms. The fraction of sp³-hybridized carbons (Fsp3) is 0.333. The fourth-order valence-electron chi connectivity index (χ4n) is 1.48. The highest BCUT2D eigenvalue weighted by atomic mass is 16.5. The quantitative estimate of drug-likeness (QED) is 0.610. The van der Waals surface area contributed by atoms with E-state index in [1.807, 2.05) is 0 Å². The SMILES string of the molecule is CCOc1c(C(=O)C(=O)O)ccc(OC)c1OC. The smallest absolute Gasteiger partial charge is 0.377 e. The molecule has 0 aromatic heterocycles. The number of carboxylic acids is 1. The van der Waals surface area contributed by atoms with Crippen LogP contribution in [0.1, 0.15) is 17.3 Å². The van der Waals surface area contributed by atoms with Gasteiger partial charge in [-0.1, -0.05) is 0 Å². The van der Waals surface area contributed by atoms with Crippen LogP contribution in [0.2, 0.25) is 0 Å². The normalized spacial score (nSPS) is 9.72. The number of aliphatic carboxylic acids is 1. The molecule has 0 fully saturated rings. The van der Waals surface area contributed by atoms with E-state index >= 15 is 0 Å². The van der Waals surface area contributed by atoms with Gasteiger partial charge >= 0.3 is 5.97 Å². The number of benzene rings is 1. The third kappa shape index (κ3) is 2.53. The molecule has 1 aromatic carbocycles. The number of carbonyl (C=O) groups is 2. The fourth-order valence-corrected chi connectivity index (χ4v) is 1.48. The maximum atomic E-state index is 11.5. The van der Waals surface area contributed by atoms with E-state index in [-0.39, 0.29) is 23.7 Å². The standard InChI is InChI=1S/C12H14O6/c1-4-18-10-7(9(13)12(14)15)5-6-8(16-2)11(10)17-3/h5-6H,4H2,1-3H3,(H,14,15). The van der Waals surface area contributed by atoms with Gasteiger partial charge in [0.2, 0.25) is 5.75 Å². The lowest BCUT2D eigenvalue weighted by molar-refractivity contribution is -0.131. The van der Waals surface area contributed by atoms with Crippen LogP contribution in [0.4, 0.5) is 0 Å². The van der Waals surface area contributed by atoms with Gasteiger partial charge in [0.15, 0.2) is 11.5 Å². The van der Waals surface area contributed by atoms with E-state index in [0.717, 1.165) is 0 Å². The molecule has 1 rings (SSSR count). The summed E-state index contributed by atoms with van der Waals surface area (Å²) in [7, 11) is 2.82. The van der Waals surface area contributed by atoms with Crippen molar-refractivity contribution in [3.8, 4) is 17.2 Å². The van der Waals surface area contributed by atoms with Gasteiger partial charge < -0.3 is 19.3 Å². The van der Waals surface area contributed by atoms with Crippen LogP contribution in [-0.4, -0.2) is 37.7 Å². The summed E-state index contributed by atoms with van der Waals surface area (Å²) in [5, 5.41) is 8.74. The number of hydrogen-bond donors (Lipinski definition) is 1. The minimum absolute atomic E-state index is 0.0676. The molecular weight excluding hydrogens is 240 g/mol. The predicted octanol–water partition coefficient (Wildman–Crippen LogP) is 1.37. The van der Waals surface area contributed by atoms with E-state index in [4.69, 9.17) is 19.3 Å². The highest BCUT2D eigenvalue weighted by molar-refractivity contribution is 6.40. The van der Waals surface area contributed by atoms with Crippen molar-refractivity contribution in [2.24, 2.45) is 0 Å². The van der Waals surface area contributed by atoms with Crippen LogP contribution < -0.4 is 14.2 Å². The summed E-state index contributed by atoms with van der Waals surface area (Å²) in [4.78, 5) is 22.3. The van der Waals surface area contributed by atoms with Crippen molar-refractivity contribution in [2.75, 3.05) is 20.8 Å². The number of carbonyl (C=O) groups excluding carboxylic acids is 1. The lowest BCUT2D eigenvalue weighted by atomic mass is 10.1. The first-order valence-electron chi connectivity index (χ1n) is 5.22. The summed E-state index contributed by atoms with van der Waals surface area (Å²) in [6.45, 7) is 1.98. The van der Waals surface area contributed by atoms with E-state index in [1.165, 1.54) is 26.4 Å². The molecule has 0 saturated carbocycles. The Labute approximate surface area is 104 Å². The van der Waals surface area contributed by atoms with Crippen LogP contribution in [0.3, 0.4) is 0 Å². The summed E-state index contributed by atoms with van der Waals surface area (Å²) in [6, 6.07) is 2.79. The summed E-state index contributed by atoms with van der Waals surface area (Å²) in [6.07, 6.45) is 0. The number of carboxylic acid groups (broad SMARTS) is 1. The largest absolute Gasteiger partial charge is 0.493 e. The molecule has 0 saturated heterocycles. The average Bonchev–Trinajstić information content (AvgIpc) is 2.37. The van der Waals surface area contributed by atoms with Crippen LogP contribution in [-0.2, 0) is 4.79 Å². The van der Waals surface area contributed by atoms with Crippen LogP contribution >= 0.6 is 0 Å². The van der Waals surface area contributed by atoms with Crippen molar-refractivity contribution in [3.05, 3.63) is 17.7 Å². The highest BCUT2D eigenvalue weighted by Gasteiger charge is 2.24. The van der Waals surface area contributed by atoms with Crippen molar-refractivity contribution >= 4 is 11.8 Å². The van der Waals surface area contributed by atoms with Crippen LogP contribution in [0.5, 0.6) is 17.2 Å². The zero-order valence-electron chi connectivity index (χ0n) is 10.4. The number of rotatable bonds is 6. The van der Waals surface area contributed by atoms with Crippen LogP contribution in [0.15, 0.2) is 12.1 Å². The summed E-state index contributed by atoms with van der Waals surface area (Å²) >= 11 is 0. The first-order chi connectivity index (χ1) is 8.56. The van der Waals surface area contributed by atoms with Crippen molar-refractivity contribution in [2.45, 2.75) is 6.92 Å². The van der Waals surface area contributed by atoms with E-state index in [2.05, 4.69) is 0 Å². The second-order valence-corrected chi connectivity index (χ2v) is 3.25. The highest BCUT2D eigenvalue weighted by Crippen LogP contribution is 2.40. The molecular formula is C12H14O6. The maximum absolute atomic E-state index is 11.5. The van der Waals surface area contributed by atoms with E-state index in [1.54, 1.807) is 6.92 Å². The lowest BCUT2D eigenvalue weighted by Gasteiger charge is -2.15. The molecule has 0 amide bonds. The van der Waals surface area contributed by atoms with Crippen molar-refractivity contribution in [1.29, 1.82) is 0 Å². The monoisotopic (exact) mass is 254 g/mol. The Kier molecular flexibility index (Phi) is 4.53. The molecule has 0 atom stereocenters. The third-order valence-electron chi connectivity index (χ3n) is 2.23. The number of methoxy groups -OCH3 is 2. The van der Waals surface area contributed by atoms with E-state index in [9.17, 15) is 9.59 Å². The topological polar surface area (TPSA) is 82.1 Å². The van der Waals surface area contributed by atoms with Gasteiger partial charge in [-0.2, -0.15) is 0 Å².